The first-order valence-electron chi connectivity index (χ1n) is 4.12. The molecule has 0 aliphatic rings. The number of amides is 1. The number of carbonyl (C=O) groups excluding carboxylic acids is 1. The molecule has 0 saturated carbocycles. The molecule has 1 aromatic heterocycles. The molecule has 2 rings (SSSR count). The number of halogens is 1. The summed E-state index contributed by atoms with van der Waals surface area (Å²) in [5, 5.41) is 0.323. The Kier molecular flexibility index (Phi) is 2.00. The highest BCUT2D eigenvalue weighted by atomic mass is 19.1. The van der Waals surface area contributed by atoms with Gasteiger partial charge in [-0.2, -0.15) is 0 Å². The minimum absolute atomic E-state index is 0.174. The quantitative estimate of drug-likeness (QED) is 0.709. The van der Waals surface area contributed by atoms with Gasteiger partial charge in [-0.05, 0) is 12.1 Å². The van der Waals surface area contributed by atoms with Crippen molar-refractivity contribution in [1.29, 1.82) is 0 Å². The highest BCUT2D eigenvalue weighted by Crippen LogP contribution is 2.16. The van der Waals surface area contributed by atoms with Gasteiger partial charge >= 0.3 is 5.63 Å². The highest BCUT2D eigenvalue weighted by Gasteiger charge is 2.11. The second-order valence-corrected chi connectivity index (χ2v) is 2.97. The molecular weight excluding hydrogens is 201 g/mol. The Morgan fingerprint density at radius 3 is 2.80 bits per heavy atom. The van der Waals surface area contributed by atoms with E-state index in [4.69, 9.17) is 5.73 Å². The Bertz CT molecular complexity index is 603. The van der Waals surface area contributed by atoms with Gasteiger partial charge < -0.3 is 10.2 Å². The third-order valence-electron chi connectivity index (χ3n) is 1.98. The van der Waals surface area contributed by atoms with E-state index < -0.39 is 17.3 Å². The predicted octanol–water partition coefficient (Wildman–Crippen LogP) is 1.03. The second kappa shape index (κ2) is 3.20. The van der Waals surface area contributed by atoms with Crippen LogP contribution in [0.5, 0.6) is 0 Å². The first kappa shape index (κ1) is 9.39. The summed E-state index contributed by atoms with van der Waals surface area (Å²) in [6.45, 7) is 0. The lowest BCUT2D eigenvalue weighted by Crippen LogP contribution is -2.20. The molecule has 0 unspecified atom stereocenters. The molecule has 2 aromatic rings. The fraction of sp³-hybridized carbons (Fsp3) is 0. The van der Waals surface area contributed by atoms with Gasteiger partial charge in [0.05, 0.1) is 0 Å². The summed E-state index contributed by atoms with van der Waals surface area (Å²) in [7, 11) is 0. The molecule has 0 bridgehead atoms. The lowest BCUT2D eigenvalue weighted by molar-refractivity contribution is 0.0997. The molecule has 15 heavy (non-hydrogen) atoms. The van der Waals surface area contributed by atoms with Gasteiger partial charge in [0.25, 0.3) is 5.91 Å². The number of hydrogen-bond donors (Lipinski definition) is 1. The Balaban J connectivity index is 2.88. The molecule has 5 heteroatoms. The molecule has 4 nitrogen and oxygen atoms in total. The van der Waals surface area contributed by atoms with E-state index in [9.17, 15) is 14.0 Å². The van der Waals surface area contributed by atoms with Crippen molar-refractivity contribution >= 4 is 16.9 Å². The lowest BCUT2D eigenvalue weighted by atomic mass is 10.2. The summed E-state index contributed by atoms with van der Waals surface area (Å²) in [5.74, 6) is -1.55. The average Bonchev–Trinajstić information content (AvgIpc) is 2.18. The highest BCUT2D eigenvalue weighted by molar-refractivity contribution is 5.95. The van der Waals surface area contributed by atoms with Crippen molar-refractivity contribution < 1.29 is 13.6 Å². The number of rotatable bonds is 1. The molecule has 76 valence electrons. The third kappa shape index (κ3) is 1.48. The summed E-state index contributed by atoms with van der Waals surface area (Å²) < 4.78 is 17.8. The van der Waals surface area contributed by atoms with E-state index in [1.54, 1.807) is 0 Å². The Morgan fingerprint density at radius 1 is 1.40 bits per heavy atom. The second-order valence-electron chi connectivity index (χ2n) is 2.97. The molecular formula is C10H6FNO3. The van der Waals surface area contributed by atoms with Crippen molar-refractivity contribution in [1.82, 2.24) is 0 Å². The van der Waals surface area contributed by atoms with Crippen molar-refractivity contribution in [3.8, 4) is 0 Å². The molecule has 0 fully saturated rings. The van der Waals surface area contributed by atoms with Gasteiger partial charge in [0, 0.05) is 5.39 Å². The molecule has 1 amide bonds. The molecule has 0 aliphatic heterocycles. The number of fused-ring (bicyclic) bond motifs is 1. The Morgan fingerprint density at radius 2 is 2.13 bits per heavy atom. The maximum absolute atomic E-state index is 13.2. The molecule has 0 spiro atoms. The van der Waals surface area contributed by atoms with Crippen molar-refractivity contribution in [2.75, 3.05) is 0 Å². The topological polar surface area (TPSA) is 73.3 Å². The van der Waals surface area contributed by atoms with E-state index in [1.807, 2.05) is 0 Å². The van der Waals surface area contributed by atoms with Crippen LogP contribution in [0, 0.1) is 5.82 Å². The standard InChI is InChI=1S/C10H6FNO3/c11-7-3-1-2-5-4-6(9(12)13)10(14)15-8(5)7/h1-4H,(H2,12,13). The zero-order chi connectivity index (χ0) is 11.0. The van der Waals surface area contributed by atoms with E-state index in [1.165, 1.54) is 18.2 Å². The minimum Gasteiger partial charge on any atom is -0.419 e. The van der Waals surface area contributed by atoms with Gasteiger partial charge in [-0.25, -0.2) is 9.18 Å². The SMILES string of the molecule is NC(=O)c1cc2cccc(F)c2oc1=O. The van der Waals surface area contributed by atoms with E-state index >= 15 is 0 Å². The van der Waals surface area contributed by atoms with Crippen LogP contribution in [-0.4, -0.2) is 5.91 Å². The minimum atomic E-state index is -0.930. The van der Waals surface area contributed by atoms with Gasteiger partial charge in [0.15, 0.2) is 11.4 Å². The van der Waals surface area contributed by atoms with Crippen LogP contribution in [-0.2, 0) is 0 Å². The van der Waals surface area contributed by atoms with Crippen LogP contribution in [0.1, 0.15) is 10.4 Å². The van der Waals surface area contributed by atoms with Gasteiger partial charge in [0.1, 0.15) is 5.56 Å². The number of primary amides is 1. The molecule has 1 aromatic carbocycles. The normalized spacial score (nSPS) is 10.5. The molecule has 0 radical (unpaired) electrons. The van der Waals surface area contributed by atoms with Crippen LogP contribution in [0.25, 0.3) is 11.0 Å². The number of benzene rings is 1. The van der Waals surface area contributed by atoms with Crippen LogP contribution in [0.15, 0.2) is 33.5 Å². The maximum Gasteiger partial charge on any atom is 0.349 e. The van der Waals surface area contributed by atoms with Crippen LogP contribution in [0.2, 0.25) is 0 Å². The van der Waals surface area contributed by atoms with Gasteiger partial charge in [-0.15, -0.1) is 0 Å². The third-order valence-corrected chi connectivity index (χ3v) is 1.98. The smallest absolute Gasteiger partial charge is 0.349 e. The van der Waals surface area contributed by atoms with Gasteiger partial charge in [0.2, 0.25) is 0 Å². The van der Waals surface area contributed by atoms with Crippen LogP contribution in [0.3, 0.4) is 0 Å². The predicted molar refractivity (Wildman–Crippen MR) is 51.0 cm³/mol. The summed E-state index contributed by atoms with van der Waals surface area (Å²) in [6, 6.07) is 5.35. The maximum atomic E-state index is 13.2. The van der Waals surface area contributed by atoms with Crippen LogP contribution in [0.4, 0.5) is 4.39 Å². The number of para-hydroxylation sites is 1. The van der Waals surface area contributed by atoms with E-state index in [2.05, 4.69) is 4.42 Å². The van der Waals surface area contributed by atoms with Gasteiger partial charge in [-0.1, -0.05) is 12.1 Å². The Labute approximate surface area is 83.1 Å². The molecule has 2 N–H and O–H groups in total. The Hall–Kier alpha value is -2.17. The first-order valence-corrected chi connectivity index (χ1v) is 4.12. The van der Waals surface area contributed by atoms with Crippen LogP contribution >= 0.6 is 0 Å². The molecule has 1 heterocycles. The van der Waals surface area contributed by atoms with Crippen molar-refractivity contribution in [3.05, 3.63) is 46.1 Å². The summed E-state index contributed by atoms with van der Waals surface area (Å²) in [4.78, 5) is 22.0. The van der Waals surface area contributed by atoms with Crippen molar-refractivity contribution in [2.24, 2.45) is 5.73 Å². The number of carbonyl (C=O) groups is 1. The molecule has 0 atom stereocenters. The summed E-state index contributed by atoms with van der Waals surface area (Å²) in [5.41, 5.74) is 3.56. The molecule has 0 saturated heterocycles. The fourth-order valence-electron chi connectivity index (χ4n) is 1.28. The van der Waals surface area contributed by atoms with Gasteiger partial charge in [-0.3, -0.25) is 4.79 Å². The summed E-state index contributed by atoms with van der Waals surface area (Å²) >= 11 is 0. The summed E-state index contributed by atoms with van der Waals surface area (Å²) in [6.07, 6.45) is 0. The largest absolute Gasteiger partial charge is 0.419 e. The lowest BCUT2D eigenvalue weighted by Gasteiger charge is -1.99. The first-order chi connectivity index (χ1) is 7.09. The fourth-order valence-corrected chi connectivity index (χ4v) is 1.28. The zero-order valence-corrected chi connectivity index (χ0v) is 7.49. The zero-order valence-electron chi connectivity index (χ0n) is 7.49. The average molecular weight is 207 g/mol. The van der Waals surface area contributed by atoms with E-state index in [0.29, 0.717) is 5.39 Å². The van der Waals surface area contributed by atoms with E-state index in [-0.39, 0.29) is 11.1 Å². The number of nitrogens with two attached hydrogens (primary N) is 1. The van der Waals surface area contributed by atoms with Crippen molar-refractivity contribution in [2.45, 2.75) is 0 Å². The van der Waals surface area contributed by atoms with E-state index in [0.717, 1.165) is 6.07 Å². The molecule has 0 aliphatic carbocycles. The monoisotopic (exact) mass is 207 g/mol. The number of hydrogen-bond acceptors (Lipinski definition) is 3. The van der Waals surface area contributed by atoms with Crippen LogP contribution < -0.4 is 11.4 Å². The van der Waals surface area contributed by atoms with Crippen molar-refractivity contribution in [3.63, 3.8) is 0 Å².